The van der Waals surface area contributed by atoms with Gasteiger partial charge in [0.15, 0.2) is 6.29 Å². The molecule has 0 radical (unpaired) electrons. The molecule has 0 atom stereocenters. The molecule has 0 aliphatic rings. The third kappa shape index (κ3) is 7.74. The Labute approximate surface area is 77.4 Å². The van der Waals surface area contributed by atoms with E-state index in [1.54, 1.807) is 0 Å². The molecule has 0 fully saturated rings. The molecule has 0 saturated carbocycles. The molecule has 0 aromatic rings. The largest absolute Gasteiger partial charge is 0.480 e. The molecule has 5 nitrogen and oxygen atoms in total. The van der Waals surface area contributed by atoms with Crippen molar-refractivity contribution in [2.24, 2.45) is 0 Å². The van der Waals surface area contributed by atoms with Crippen molar-refractivity contribution in [3.05, 3.63) is 0 Å². The van der Waals surface area contributed by atoms with Crippen LogP contribution in [0.1, 0.15) is 0 Å². The van der Waals surface area contributed by atoms with Crippen LogP contribution >= 0.6 is 12.4 Å². The standard InChI is InChI=1S/C6H13NO4.ClH/c1-10-6(11-2)4-7-3-5(8)9;/h6-7H,3-4H2,1-2H3,(H,8,9);1H. The Morgan fingerprint density at radius 3 is 2.33 bits per heavy atom. The Morgan fingerprint density at radius 2 is 2.00 bits per heavy atom. The number of rotatable bonds is 6. The Hall–Kier alpha value is -0.360. The van der Waals surface area contributed by atoms with Crippen molar-refractivity contribution in [2.45, 2.75) is 6.29 Å². The minimum atomic E-state index is -0.893. The van der Waals surface area contributed by atoms with Crippen LogP contribution in [-0.4, -0.2) is 44.7 Å². The van der Waals surface area contributed by atoms with Gasteiger partial charge in [0, 0.05) is 20.8 Å². The summed E-state index contributed by atoms with van der Waals surface area (Å²) in [7, 11) is 2.99. The van der Waals surface area contributed by atoms with E-state index in [1.807, 2.05) is 0 Å². The van der Waals surface area contributed by atoms with Gasteiger partial charge in [-0.25, -0.2) is 0 Å². The highest BCUT2D eigenvalue weighted by Gasteiger charge is 2.04. The number of hydrogen-bond donors (Lipinski definition) is 2. The Balaban J connectivity index is 0. The molecule has 0 heterocycles. The zero-order valence-corrected chi connectivity index (χ0v) is 7.89. The normalized spacial score (nSPS) is 9.58. The first-order chi connectivity index (χ1) is 5.20. The number of carboxylic acid groups (broad SMARTS) is 1. The van der Waals surface area contributed by atoms with E-state index < -0.39 is 5.97 Å². The summed E-state index contributed by atoms with van der Waals surface area (Å²) in [4.78, 5) is 10.0. The highest BCUT2D eigenvalue weighted by atomic mass is 35.5. The smallest absolute Gasteiger partial charge is 0.317 e. The number of carboxylic acids is 1. The van der Waals surface area contributed by atoms with E-state index in [9.17, 15) is 4.79 Å². The summed E-state index contributed by atoms with van der Waals surface area (Å²) < 4.78 is 9.61. The third-order valence-electron chi connectivity index (χ3n) is 1.11. The zero-order valence-electron chi connectivity index (χ0n) is 7.07. The summed E-state index contributed by atoms with van der Waals surface area (Å²) in [6.45, 7) is 0.294. The lowest BCUT2D eigenvalue weighted by Gasteiger charge is -2.12. The summed E-state index contributed by atoms with van der Waals surface area (Å²) >= 11 is 0. The van der Waals surface area contributed by atoms with Gasteiger partial charge in [-0.05, 0) is 0 Å². The van der Waals surface area contributed by atoms with E-state index >= 15 is 0 Å². The second-order valence-corrected chi connectivity index (χ2v) is 1.93. The van der Waals surface area contributed by atoms with Crippen LogP contribution in [0.25, 0.3) is 0 Å². The topological polar surface area (TPSA) is 67.8 Å². The van der Waals surface area contributed by atoms with Crippen molar-refractivity contribution in [2.75, 3.05) is 27.3 Å². The van der Waals surface area contributed by atoms with Crippen LogP contribution in [0.5, 0.6) is 0 Å². The van der Waals surface area contributed by atoms with Crippen LogP contribution in [0, 0.1) is 0 Å². The third-order valence-corrected chi connectivity index (χ3v) is 1.11. The summed E-state index contributed by atoms with van der Waals surface area (Å²) in [5.74, 6) is -0.893. The van der Waals surface area contributed by atoms with Crippen molar-refractivity contribution < 1.29 is 19.4 Å². The molecular formula is C6H14ClNO4. The zero-order chi connectivity index (χ0) is 8.69. The summed E-state index contributed by atoms with van der Waals surface area (Å²) in [5.41, 5.74) is 0. The van der Waals surface area contributed by atoms with Gasteiger partial charge in [-0.1, -0.05) is 0 Å². The first kappa shape index (κ1) is 14.2. The van der Waals surface area contributed by atoms with E-state index in [0.29, 0.717) is 6.54 Å². The Kier molecular flexibility index (Phi) is 10.3. The molecule has 12 heavy (non-hydrogen) atoms. The van der Waals surface area contributed by atoms with Crippen LogP contribution < -0.4 is 5.32 Å². The highest BCUT2D eigenvalue weighted by Crippen LogP contribution is 1.86. The van der Waals surface area contributed by atoms with Gasteiger partial charge in [-0.2, -0.15) is 0 Å². The van der Waals surface area contributed by atoms with Gasteiger partial charge in [0.2, 0.25) is 0 Å². The van der Waals surface area contributed by atoms with Gasteiger partial charge in [0.05, 0.1) is 6.54 Å². The number of carbonyl (C=O) groups is 1. The number of halogens is 1. The van der Waals surface area contributed by atoms with Gasteiger partial charge >= 0.3 is 5.97 Å². The first-order valence-electron chi connectivity index (χ1n) is 3.18. The van der Waals surface area contributed by atoms with Crippen LogP contribution in [-0.2, 0) is 14.3 Å². The number of hydrogen-bond acceptors (Lipinski definition) is 4. The number of methoxy groups -OCH3 is 2. The summed E-state index contributed by atoms with van der Waals surface area (Å²) in [6.07, 6.45) is -0.380. The van der Waals surface area contributed by atoms with Gasteiger partial charge in [-0.15, -0.1) is 12.4 Å². The monoisotopic (exact) mass is 199 g/mol. The Morgan fingerprint density at radius 1 is 1.50 bits per heavy atom. The van der Waals surface area contributed by atoms with Crippen molar-refractivity contribution in [3.63, 3.8) is 0 Å². The van der Waals surface area contributed by atoms with Gasteiger partial charge < -0.3 is 19.9 Å². The maximum atomic E-state index is 10.0. The van der Waals surface area contributed by atoms with Crippen LogP contribution in [0.3, 0.4) is 0 Å². The van der Waals surface area contributed by atoms with Crippen LogP contribution in [0.2, 0.25) is 0 Å². The lowest BCUT2D eigenvalue weighted by molar-refractivity contribution is -0.136. The van der Waals surface area contributed by atoms with E-state index in [-0.39, 0.29) is 25.2 Å². The molecule has 0 unspecified atom stereocenters. The average molecular weight is 200 g/mol. The van der Waals surface area contributed by atoms with Crippen LogP contribution in [0.15, 0.2) is 0 Å². The van der Waals surface area contributed by atoms with E-state index in [0.717, 1.165) is 0 Å². The van der Waals surface area contributed by atoms with E-state index in [2.05, 4.69) is 5.32 Å². The predicted octanol–water partition coefficient (Wildman–Crippen LogP) is -0.299. The minimum absolute atomic E-state index is 0. The molecule has 74 valence electrons. The average Bonchev–Trinajstić information content (AvgIpc) is 1.98. The number of aliphatic carboxylic acids is 1. The highest BCUT2D eigenvalue weighted by molar-refractivity contribution is 5.85. The lowest BCUT2D eigenvalue weighted by Crippen LogP contribution is -2.33. The quantitative estimate of drug-likeness (QED) is 0.575. The summed E-state index contributed by atoms with van der Waals surface area (Å²) in [6, 6.07) is 0. The Bertz CT molecular complexity index is 118. The molecule has 0 amide bonds. The maximum absolute atomic E-state index is 10.0. The molecule has 0 rings (SSSR count). The molecule has 6 heteroatoms. The molecule has 0 spiro atoms. The maximum Gasteiger partial charge on any atom is 0.317 e. The fraction of sp³-hybridized carbons (Fsp3) is 0.833. The van der Waals surface area contributed by atoms with E-state index in [1.165, 1.54) is 14.2 Å². The van der Waals surface area contributed by atoms with Crippen molar-refractivity contribution >= 4 is 18.4 Å². The fourth-order valence-corrected chi connectivity index (χ4v) is 0.560. The number of ether oxygens (including phenoxy) is 2. The van der Waals surface area contributed by atoms with Crippen molar-refractivity contribution in [1.29, 1.82) is 0 Å². The fourth-order valence-electron chi connectivity index (χ4n) is 0.560. The molecule has 0 saturated heterocycles. The molecule has 0 aromatic heterocycles. The molecule has 2 N–H and O–H groups in total. The summed E-state index contributed by atoms with van der Waals surface area (Å²) in [5, 5.41) is 10.9. The molecule has 0 aliphatic heterocycles. The van der Waals surface area contributed by atoms with Gasteiger partial charge in [-0.3, -0.25) is 4.79 Å². The molecule has 0 aromatic carbocycles. The lowest BCUT2D eigenvalue weighted by atomic mass is 10.5. The first-order valence-corrected chi connectivity index (χ1v) is 3.18. The van der Waals surface area contributed by atoms with Crippen molar-refractivity contribution in [3.8, 4) is 0 Å². The SMILES string of the molecule is COC(CNCC(=O)O)OC.Cl. The number of nitrogens with one attached hydrogen (secondary N) is 1. The predicted molar refractivity (Wildman–Crippen MR) is 45.6 cm³/mol. The molecular weight excluding hydrogens is 186 g/mol. The molecule has 0 aliphatic carbocycles. The molecule has 0 bridgehead atoms. The second-order valence-electron chi connectivity index (χ2n) is 1.93. The van der Waals surface area contributed by atoms with Gasteiger partial charge in [0.25, 0.3) is 0 Å². The second kappa shape index (κ2) is 8.73. The minimum Gasteiger partial charge on any atom is -0.480 e. The van der Waals surface area contributed by atoms with Gasteiger partial charge in [0.1, 0.15) is 0 Å². The van der Waals surface area contributed by atoms with Crippen LogP contribution in [0.4, 0.5) is 0 Å². The van der Waals surface area contributed by atoms with E-state index in [4.69, 9.17) is 14.6 Å². The van der Waals surface area contributed by atoms with Crippen molar-refractivity contribution in [1.82, 2.24) is 5.32 Å².